The first kappa shape index (κ1) is 23.1. The fraction of sp³-hybridized carbons (Fsp3) is 0.400. The van der Waals surface area contributed by atoms with E-state index in [2.05, 4.69) is 95.7 Å². The van der Waals surface area contributed by atoms with Gasteiger partial charge >= 0.3 is 0 Å². The number of methoxy groups -OCH3 is 1. The van der Waals surface area contributed by atoms with Crippen molar-refractivity contribution in [2.75, 3.05) is 26.7 Å². The molecule has 0 radical (unpaired) electrons. The molecule has 4 nitrogen and oxygen atoms in total. The Morgan fingerprint density at radius 2 is 1.71 bits per heavy atom. The molecule has 0 aliphatic carbocycles. The van der Waals surface area contributed by atoms with E-state index >= 15 is 0 Å². The maximum Gasteiger partial charge on any atom is 0.119 e. The molecule has 3 aromatic carbocycles. The normalized spacial score (nSPS) is 22.2. The van der Waals surface area contributed by atoms with Gasteiger partial charge in [0.25, 0.3) is 0 Å². The first-order valence-electron chi connectivity index (χ1n) is 12.6. The quantitative estimate of drug-likeness (QED) is 0.565. The molecule has 2 heterocycles. The highest BCUT2D eigenvalue weighted by Crippen LogP contribution is 2.36. The van der Waals surface area contributed by atoms with Crippen LogP contribution in [-0.2, 0) is 19.5 Å². The lowest BCUT2D eigenvalue weighted by atomic mass is 9.90. The van der Waals surface area contributed by atoms with Crippen LogP contribution in [0.15, 0.2) is 72.8 Å². The fourth-order valence-corrected chi connectivity index (χ4v) is 5.68. The average molecular weight is 456 g/mol. The number of benzene rings is 3. The number of hydrogen-bond acceptors (Lipinski definition) is 4. The lowest BCUT2D eigenvalue weighted by molar-refractivity contribution is 0.0195. The van der Waals surface area contributed by atoms with Crippen LogP contribution in [0.25, 0.3) is 0 Å². The van der Waals surface area contributed by atoms with Crippen LogP contribution in [0, 0.1) is 0 Å². The van der Waals surface area contributed by atoms with E-state index in [1.165, 1.54) is 27.8 Å². The predicted molar refractivity (Wildman–Crippen MR) is 139 cm³/mol. The van der Waals surface area contributed by atoms with E-state index in [0.29, 0.717) is 12.1 Å². The number of nitrogens with one attached hydrogen (secondary N) is 1. The van der Waals surface area contributed by atoms with Crippen molar-refractivity contribution in [2.45, 2.75) is 51.5 Å². The Labute approximate surface area is 204 Å². The van der Waals surface area contributed by atoms with E-state index in [1.54, 1.807) is 7.11 Å². The van der Waals surface area contributed by atoms with E-state index in [1.807, 2.05) is 6.07 Å². The molecule has 4 heteroatoms. The van der Waals surface area contributed by atoms with E-state index < -0.39 is 0 Å². The minimum atomic E-state index is 0.207. The zero-order valence-electron chi connectivity index (χ0n) is 20.7. The van der Waals surface area contributed by atoms with Gasteiger partial charge in [0.05, 0.1) is 13.2 Å². The number of ether oxygens (including phenoxy) is 1. The first-order chi connectivity index (χ1) is 16.6. The molecule has 2 aliphatic heterocycles. The first-order valence-corrected chi connectivity index (χ1v) is 12.6. The van der Waals surface area contributed by atoms with E-state index in [0.717, 1.165) is 44.9 Å². The molecule has 34 heavy (non-hydrogen) atoms. The van der Waals surface area contributed by atoms with Crippen LogP contribution < -0.4 is 10.1 Å². The Bertz CT molecular complexity index is 1100. The van der Waals surface area contributed by atoms with Crippen LogP contribution in [-0.4, -0.2) is 48.6 Å². The average Bonchev–Trinajstić information content (AvgIpc) is 2.87. The summed E-state index contributed by atoms with van der Waals surface area (Å²) in [6, 6.07) is 27.8. The smallest absolute Gasteiger partial charge is 0.119 e. The third-order valence-corrected chi connectivity index (χ3v) is 7.57. The summed E-state index contributed by atoms with van der Waals surface area (Å²) in [4.78, 5) is 5.34. The van der Waals surface area contributed by atoms with Gasteiger partial charge in [-0.3, -0.25) is 9.80 Å². The molecule has 0 aromatic heterocycles. The monoisotopic (exact) mass is 455 g/mol. The second kappa shape index (κ2) is 10.3. The van der Waals surface area contributed by atoms with Crippen molar-refractivity contribution in [1.82, 2.24) is 15.1 Å². The molecule has 3 atom stereocenters. The minimum absolute atomic E-state index is 0.207. The molecule has 178 valence electrons. The molecule has 0 saturated carbocycles. The lowest BCUT2D eigenvalue weighted by Crippen LogP contribution is -2.56. The summed E-state index contributed by atoms with van der Waals surface area (Å²) in [5, 5.41) is 3.55. The number of fused-ring (bicyclic) bond motifs is 1. The van der Waals surface area contributed by atoms with Gasteiger partial charge in [-0.05, 0) is 66.8 Å². The van der Waals surface area contributed by atoms with Crippen molar-refractivity contribution in [3.63, 3.8) is 0 Å². The standard InChI is InChI=1S/C30H37N3O/c1-22-20-33(23(2)19-32(22)21-24-8-5-4-6-9-24)30(26-10-7-11-29(17-26)34-3)27-13-12-25-14-15-31-18-28(25)16-27/h4-13,16-17,22-23,30-31H,14-15,18-21H2,1-3H3/t22-,23-,30?/m1/s1. The summed E-state index contributed by atoms with van der Waals surface area (Å²) in [5.74, 6) is 0.922. The zero-order valence-corrected chi connectivity index (χ0v) is 20.7. The third kappa shape index (κ3) is 4.90. The van der Waals surface area contributed by atoms with Gasteiger partial charge in [0.15, 0.2) is 0 Å². The largest absolute Gasteiger partial charge is 0.497 e. The molecule has 1 N–H and O–H groups in total. The van der Waals surface area contributed by atoms with E-state index in [4.69, 9.17) is 4.74 Å². The highest BCUT2D eigenvalue weighted by molar-refractivity contribution is 5.41. The maximum atomic E-state index is 5.61. The van der Waals surface area contributed by atoms with Crippen LogP contribution in [0.2, 0.25) is 0 Å². The molecular formula is C30H37N3O. The Hall–Kier alpha value is -2.66. The summed E-state index contributed by atoms with van der Waals surface area (Å²) in [6.07, 6.45) is 1.12. The highest BCUT2D eigenvalue weighted by atomic mass is 16.5. The summed E-state index contributed by atoms with van der Waals surface area (Å²) < 4.78 is 5.61. The Kier molecular flexibility index (Phi) is 7.00. The van der Waals surface area contributed by atoms with Crippen LogP contribution >= 0.6 is 0 Å². The Morgan fingerprint density at radius 3 is 2.53 bits per heavy atom. The summed E-state index contributed by atoms with van der Waals surface area (Å²) in [5.41, 5.74) is 7.01. The van der Waals surface area contributed by atoms with Crippen molar-refractivity contribution in [3.8, 4) is 5.75 Å². The maximum absolute atomic E-state index is 5.61. The van der Waals surface area contributed by atoms with Crippen molar-refractivity contribution in [1.29, 1.82) is 0 Å². The van der Waals surface area contributed by atoms with Crippen molar-refractivity contribution in [3.05, 3.63) is 101 Å². The van der Waals surface area contributed by atoms with Crippen molar-refractivity contribution >= 4 is 0 Å². The molecule has 5 rings (SSSR count). The molecular weight excluding hydrogens is 418 g/mol. The van der Waals surface area contributed by atoms with Gasteiger partial charge in [-0.25, -0.2) is 0 Å². The number of hydrogen-bond donors (Lipinski definition) is 1. The second-order valence-corrected chi connectivity index (χ2v) is 9.94. The summed E-state index contributed by atoms with van der Waals surface area (Å²) in [7, 11) is 1.76. The van der Waals surface area contributed by atoms with Gasteiger partial charge in [0.2, 0.25) is 0 Å². The molecule has 0 amide bonds. The molecule has 1 unspecified atom stereocenters. The lowest BCUT2D eigenvalue weighted by Gasteiger charge is -2.48. The Balaban J connectivity index is 1.46. The molecule has 0 spiro atoms. The van der Waals surface area contributed by atoms with Crippen LogP contribution in [0.4, 0.5) is 0 Å². The number of nitrogens with zero attached hydrogens (tertiary/aromatic N) is 2. The van der Waals surface area contributed by atoms with Crippen molar-refractivity contribution < 1.29 is 4.74 Å². The van der Waals surface area contributed by atoms with Gasteiger partial charge in [0.1, 0.15) is 5.75 Å². The van der Waals surface area contributed by atoms with Gasteiger partial charge in [-0.1, -0.05) is 60.7 Å². The van der Waals surface area contributed by atoms with Gasteiger partial charge in [0, 0.05) is 38.3 Å². The molecule has 3 aromatic rings. The molecule has 1 fully saturated rings. The summed E-state index contributed by atoms with van der Waals surface area (Å²) in [6.45, 7) is 9.90. The highest BCUT2D eigenvalue weighted by Gasteiger charge is 2.35. The number of piperazine rings is 1. The van der Waals surface area contributed by atoms with Crippen LogP contribution in [0.3, 0.4) is 0 Å². The van der Waals surface area contributed by atoms with Crippen LogP contribution in [0.1, 0.15) is 47.7 Å². The minimum Gasteiger partial charge on any atom is -0.497 e. The zero-order chi connectivity index (χ0) is 23.5. The summed E-state index contributed by atoms with van der Waals surface area (Å²) >= 11 is 0. The molecule has 2 aliphatic rings. The van der Waals surface area contributed by atoms with Gasteiger partial charge < -0.3 is 10.1 Å². The van der Waals surface area contributed by atoms with Gasteiger partial charge in [-0.15, -0.1) is 0 Å². The third-order valence-electron chi connectivity index (χ3n) is 7.57. The predicted octanol–water partition coefficient (Wildman–Crippen LogP) is 5.03. The van der Waals surface area contributed by atoms with Gasteiger partial charge in [-0.2, -0.15) is 0 Å². The SMILES string of the molecule is COc1cccc(C(c2ccc3c(c2)CNCC3)N2C[C@@H](C)N(Cc3ccccc3)C[C@H]2C)c1. The van der Waals surface area contributed by atoms with Crippen LogP contribution in [0.5, 0.6) is 5.75 Å². The topological polar surface area (TPSA) is 27.7 Å². The van der Waals surface area contributed by atoms with E-state index in [9.17, 15) is 0 Å². The number of rotatable bonds is 6. The Morgan fingerprint density at radius 1 is 0.882 bits per heavy atom. The second-order valence-electron chi connectivity index (χ2n) is 9.94. The van der Waals surface area contributed by atoms with Crippen molar-refractivity contribution in [2.24, 2.45) is 0 Å². The molecule has 0 bridgehead atoms. The van der Waals surface area contributed by atoms with E-state index in [-0.39, 0.29) is 6.04 Å². The fourth-order valence-electron chi connectivity index (χ4n) is 5.68. The molecule has 1 saturated heterocycles.